The van der Waals surface area contributed by atoms with Gasteiger partial charge in [0.25, 0.3) is 0 Å². The van der Waals surface area contributed by atoms with E-state index >= 15 is 0 Å². The summed E-state index contributed by atoms with van der Waals surface area (Å²) >= 11 is 0. The number of rotatable bonds is 2. The van der Waals surface area contributed by atoms with Crippen molar-refractivity contribution in [3.05, 3.63) is 41.7 Å². The fraction of sp³-hybridized carbons (Fsp3) is 0.200. The summed E-state index contributed by atoms with van der Waals surface area (Å²) < 4.78 is 12.9. The van der Waals surface area contributed by atoms with E-state index in [4.69, 9.17) is 0 Å². The van der Waals surface area contributed by atoms with Gasteiger partial charge in [-0.15, -0.1) is 0 Å². The van der Waals surface area contributed by atoms with Gasteiger partial charge in [0.2, 0.25) is 0 Å². The van der Waals surface area contributed by atoms with Gasteiger partial charge in [0, 0.05) is 5.56 Å². The summed E-state index contributed by atoms with van der Waals surface area (Å²) in [5.74, 6) is -0.155. The molecule has 11 heavy (non-hydrogen) atoms. The Bertz CT molecular complexity index is 251. The summed E-state index contributed by atoms with van der Waals surface area (Å²) in [5, 5.41) is 0. The molecule has 1 rings (SSSR count). The lowest BCUT2D eigenvalue weighted by Gasteiger charge is -1.93. The molecular formula is C10H11F. The molecule has 0 amide bonds. The predicted octanol–water partition coefficient (Wildman–Crippen LogP) is 3.25. The van der Waals surface area contributed by atoms with Crippen LogP contribution >= 0.6 is 0 Å². The Balaban J connectivity index is 2.86. The van der Waals surface area contributed by atoms with Crippen molar-refractivity contribution < 1.29 is 4.39 Å². The molecule has 1 aromatic rings. The molecule has 0 heterocycles. The molecule has 0 radical (unpaired) electrons. The lowest BCUT2D eigenvalue weighted by molar-refractivity contribution is 0.625. The van der Waals surface area contributed by atoms with Crippen molar-refractivity contribution in [3.8, 4) is 0 Å². The van der Waals surface area contributed by atoms with Gasteiger partial charge in [-0.05, 0) is 12.5 Å². The fourth-order valence-corrected chi connectivity index (χ4v) is 0.855. The summed E-state index contributed by atoms with van der Waals surface area (Å²) in [6.45, 7) is 2.03. The monoisotopic (exact) mass is 150 g/mol. The van der Waals surface area contributed by atoms with Crippen molar-refractivity contribution in [2.45, 2.75) is 13.3 Å². The molecule has 0 aliphatic rings. The summed E-state index contributed by atoms with van der Waals surface area (Å²) in [5.41, 5.74) is 0.661. The molecule has 58 valence electrons. The first-order valence-electron chi connectivity index (χ1n) is 3.75. The molecule has 0 nitrogen and oxygen atoms in total. The molecule has 0 spiro atoms. The number of halogens is 1. The normalized spacial score (nSPS) is 10.7. The van der Waals surface area contributed by atoms with E-state index in [2.05, 4.69) is 0 Å². The van der Waals surface area contributed by atoms with Crippen LogP contribution in [0.4, 0.5) is 4.39 Å². The minimum atomic E-state index is -0.155. The van der Waals surface area contributed by atoms with Crippen LogP contribution in [0.15, 0.2) is 30.3 Å². The van der Waals surface area contributed by atoms with Gasteiger partial charge in [0.05, 0.1) is 0 Å². The van der Waals surface area contributed by atoms with E-state index in [0.29, 0.717) is 5.56 Å². The molecule has 0 bridgehead atoms. The van der Waals surface area contributed by atoms with E-state index in [-0.39, 0.29) is 5.82 Å². The van der Waals surface area contributed by atoms with E-state index in [9.17, 15) is 4.39 Å². The quantitative estimate of drug-likeness (QED) is 0.607. The average molecular weight is 150 g/mol. The van der Waals surface area contributed by atoms with Crippen LogP contribution in [-0.4, -0.2) is 0 Å². The van der Waals surface area contributed by atoms with Gasteiger partial charge in [-0.1, -0.05) is 37.3 Å². The highest BCUT2D eigenvalue weighted by Gasteiger charge is 1.92. The van der Waals surface area contributed by atoms with Gasteiger partial charge >= 0.3 is 0 Å². The molecule has 0 aromatic heterocycles. The number of hydrogen-bond acceptors (Lipinski definition) is 0. The lowest BCUT2D eigenvalue weighted by Crippen LogP contribution is -1.78. The zero-order valence-electron chi connectivity index (χ0n) is 6.55. The highest BCUT2D eigenvalue weighted by Crippen LogP contribution is 2.07. The first-order chi connectivity index (χ1) is 5.34. The van der Waals surface area contributed by atoms with Gasteiger partial charge in [0.1, 0.15) is 5.82 Å². The second-order valence-electron chi connectivity index (χ2n) is 2.33. The van der Waals surface area contributed by atoms with Crippen LogP contribution in [-0.2, 0) is 0 Å². The maximum Gasteiger partial charge on any atom is 0.130 e. The minimum Gasteiger partial charge on any atom is -0.206 e. The first kappa shape index (κ1) is 7.99. The van der Waals surface area contributed by atoms with Gasteiger partial charge in [-0.2, -0.15) is 0 Å². The maximum absolute atomic E-state index is 12.9. The third-order valence-corrected chi connectivity index (χ3v) is 1.44. The summed E-state index contributed by atoms with van der Waals surface area (Å²) in [6, 6.07) is 6.76. The minimum absolute atomic E-state index is 0.155. The smallest absolute Gasteiger partial charge is 0.130 e. The third-order valence-electron chi connectivity index (χ3n) is 1.44. The van der Waals surface area contributed by atoms with E-state index in [1.165, 1.54) is 6.07 Å². The maximum atomic E-state index is 12.9. The summed E-state index contributed by atoms with van der Waals surface area (Å²) in [6.07, 6.45) is 4.68. The second kappa shape index (κ2) is 3.91. The summed E-state index contributed by atoms with van der Waals surface area (Å²) in [4.78, 5) is 0. The van der Waals surface area contributed by atoms with Crippen molar-refractivity contribution in [1.29, 1.82) is 0 Å². The van der Waals surface area contributed by atoms with Gasteiger partial charge in [0.15, 0.2) is 0 Å². The number of allylic oxidation sites excluding steroid dienone is 1. The zero-order chi connectivity index (χ0) is 8.10. The first-order valence-corrected chi connectivity index (χ1v) is 3.75. The Labute approximate surface area is 66.4 Å². The van der Waals surface area contributed by atoms with Gasteiger partial charge < -0.3 is 0 Å². The molecule has 1 aromatic carbocycles. The molecule has 0 saturated heterocycles. The summed E-state index contributed by atoms with van der Waals surface area (Å²) in [7, 11) is 0. The molecule has 0 N–H and O–H groups in total. The van der Waals surface area contributed by atoms with Gasteiger partial charge in [-0.3, -0.25) is 0 Å². The highest BCUT2D eigenvalue weighted by atomic mass is 19.1. The van der Waals surface area contributed by atoms with E-state index < -0.39 is 0 Å². The Hall–Kier alpha value is -1.11. The molecule has 0 atom stereocenters. The van der Waals surface area contributed by atoms with Crippen molar-refractivity contribution in [1.82, 2.24) is 0 Å². The van der Waals surface area contributed by atoms with Crippen LogP contribution < -0.4 is 0 Å². The molecule has 0 saturated carbocycles. The molecule has 0 aliphatic carbocycles. The van der Waals surface area contributed by atoms with Crippen molar-refractivity contribution in [2.24, 2.45) is 0 Å². The second-order valence-corrected chi connectivity index (χ2v) is 2.33. The standard InChI is InChI=1S/C10H11F/c1-2-3-6-9-7-4-5-8-10(9)11/h3-8H,2H2,1H3/b6-3-. The molecule has 1 heteroatoms. The van der Waals surface area contributed by atoms with Crippen molar-refractivity contribution in [3.63, 3.8) is 0 Å². The molecule has 0 aliphatic heterocycles. The van der Waals surface area contributed by atoms with Gasteiger partial charge in [-0.25, -0.2) is 4.39 Å². The van der Waals surface area contributed by atoms with E-state index in [1.54, 1.807) is 18.2 Å². The predicted molar refractivity (Wildman–Crippen MR) is 45.7 cm³/mol. The third kappa shape index (κ3) is 2.19. The molecule has 0 unspecified atom stereocenters. The van der Waals surface area contributed by atoms with Crippen LogP contribution in [0.5, 0.6) is 0 Å². The van der Waals surface area contributed by atoms with Crippen molar-refractivity contribution in [2.75, 3.05) is 0 Å². The highest BCUT2D eigenvalue weighted by molar-refractivity contribution is 5.49. The lowest BCUT2D eigenvalue weighted by atomic mass is 10.2. The van der Waals surface area contributed by atoms with Crippen LogP contribution in [0.25, 0.3) is 6.08 Å². The van der Waals surface area contributed by atoms with E-state index in [0.717, 1.165) is 6.42 Å². The largest absolute Gasteiger partial charge is 0.206 e. The zero-order valence-corrected chi connectivity index (χ0v) is 6.55. The van der Waals surface area contributed by atoms with Crippen LogP contribution in [0.1, 0.15) is 18.9 Å². The Kier molecular flexibility index (Phi) is 2.84. The fourth-order valence-electron chi connectivity index (χ4n) is 0.855. The Morgan fingerprint density at radius 1 is 1.36 bits per heavy atom. The molecule has 0 fully saturated rings. The Morgan fingerprint density at radius 2 is 2.09 bits per heavy atom. The van der Waals surface area contributed by atoms with Crippen LogP contribution in [0.3, 0.4) is 0 Å². The van der Waals surface area contributed by atoms with E-state index in [1.807, 2.05) is 19.1 Å². The van der Waals surface area contributed by atoms with Crippen LogP contribution in [0.2, 0.25) is 0 Å². The topological polar surface area (TPSA) is 0 Å². The van der Waals surface area contributed by atoms with Crippen LogP contribution in [0, 0.1) is 5.82 Å². The molecular weight excluding hydrogens is 139 g/mol. The number of benzene rings is 1. The Morgan fingerprint density at radius 3 is 2.73 bits per heavy atom. The van der Waals surface area contributed by atoms with Crippen molar-refractivity contribution >= 4 is 6.08 Å². The number of hydrogen-bond donors (Lipinski definition) is 0. The SMILES string of the molecule is CC/C=C\c1ccccc1F. The average Bonchev–Trinajstić information content (AvgIpc) is 2.03.